The number of hydrogen-bond acceptors (Lipinski definition) is 2. The van der Waals surface area contributed by atoms with Crippen molar-refractivity contribution in [2.24, 2.45) is 5.73 Å². The first kappa shape index (κ1) is 14.7. The molecule has 0 spiro atoms. The average molecular weight is 287 g/mol. The molecule has 1 unspecified atom stereocenters. The van der Waals surface area contributed by atoms with Gasteiger partial charge >= 0.3 is 5.97 Å². The lowest BCUT2D eigenvalue weighted by atomic mass is 10.0. The summed E-state index contributed by atoms with van der Waals surface area (Å²) in [5, 5.41) is 8.79. The van der Waals surface area contributed by atoms with Gasteiger partial charge in [-0.25, -0.2) is 4.39 Å². The minimum Gasteiger partial charge on any atom is -0.481 e. The van der Waals surface area contributed by atoms with E-state index >= 15 is 0 Å². The molecule has 1 aliphatic carbocycles. The van der Waals surface area contributed by atoms with E-state index in [2.05, 4.69) is 5.73 Å². The number of nitrogens with two attached hydrogens (primary N) is 1. The largest absolute Gasteiger partial charge is 0.481 e. The van der Waals surface area contributed by atoms with Crippen LogP contribution in [0.4, 0.5) is 4.39 Å². The maximum Gasteiger partial charge on any atom is 0.307 e. The highest BCUT2D eigenvalue weighted by Gasteiger charge is 2.28. The van der Waals surface area contributed by atoms with Crippen molar-refractivity contribution in [3.63, 3.8) is 0 Å². The van der Waals surface area contributed by atoms with Crippen molar-refractivity contribution in [1.29, 1.82) is 0 Å². The van der Waals surface area contributed by atoms with Crippen LogP contribution in [0.5, 0.6) is 0 Å². The standard InChI is InChI=1S/C15H11FO2.CH3NO/c16-15-11-4-2-1-3-10(11)13-7-9(8-14(17)18)5-6-12(13)15;2-1-3/h1-7,15H,8H2,(H,17,18);1H,(H2,2,3). The summed E-state index contributed by atoms with van der Waals surface area (Å²) < 4.78 is 14.2. The second kappa shape index (κ2) is 6.17. The molecule has 2 aromatic carbocycles. The summed E-state index contributed by atoms with van der Waals surface area (Å²) in [7, 11) is 0. The number of carbonyl (C=O) groups is 2. The van der Waals surface area contributed by atoms with E-state index in [0.29, 0.717) is 16.7 Å². The van der Waals surface area contributed by atoms with Crippen molar-refractivity contribution in [3.05, 3.63) is 59.2 Å². The fourth-order valence-electron chi connectivity index (χ4n) is 2.47. The zero-order chi connectivity index (χ0) is 15.4. The Balaban J connectivity index is 0.000000497. The van der Waals surface area contributed by atoms with Gasteiger partial charge in [0.15, 0.2) is 6.17 Å². The van der Waals surface area contributed by atoms with Crippen molar-refractivity contribution in [3.8, 4) is 11.1 Å². The first-order valence-corrected chi connectivity index (χ1v) is 6.31. The van der Waals surface area contributed by atoms with Crippen LogP contribution in [0.2, 0.25) is 0 Å². The van der Waals surface area contributed by atoms with Gasteiger partial charge in [-0.1, -0.05) is 42.5 Å². The van der Waals surface area contributed by atoms with E-state index in [0.717, 1.165) is 11.1 Å². The molecule has 0 radical (unpaired) electrons. The molecule has 0 heterocycles. The summed E-state index contributed by atoms with van der Waals surface area (Å²) in [6.45, 7) is 0. The Hall–Kier alpha value is -2.69. The van der Waals surface area contributed by atoms with Crippen molar-refractivity contribution in [2.45, 2.75) is 12.6 Å². The Morgan fingerprint density at radius 3 is 2.48 bits per heavy atom. The average Bonchev–Trinajstić information content (AvgIpc) is 2.73. The summed E-state index contributed by atoms with van der Waals surface area (Å²) in [4.78, 5) is 19.3. The molecule has 0 saturated heterocycles. The maximum absolute atomic E-state index is 14.2. The summed E-state index contributed by atoms with van der Waals surface area (Å²) >= 11 is 0. The Bertz CT molecular complexity index is 685. The van der Waals surface area contributed by atoms with E-state index in [-0.39, 0.29) is 12.8 Å². The highest BCUT2D eigenvalue weighted by Crippen LogP contribution is 2.45. The zero-order valence-corrected chi connectivity index (χ0v) is 11.1. The monoisotopic (exact) mass is 287 g/mol. The van der Waals surface area contributed by atoms with E-state index in [1.54, 1.807) is 24.3 Å². The number of rotatable bonds is 2. The molecule has 0 aromatic heterocycles. The molecule has 0 saturated carbocycles. The molecule has 4 nitrogen and oxygen atoms in total. The Labute approximate surface area is 121 Å². The number of alkyl halides is 1. The molecule has 5 heteroatoms. The Morgan fingerprint density at radius 1 is 1.19 bits per heavy atom. The van der Waals surface area contributed by atoms with Crippen molar-refractivity contribution in [2.75, 3.05) is 0 Å². The summed E-state index contributed by atoms with van der Waals surface area (Å²) in [6, 6.07) is 12.5. The molecular weight excluding hydrogens is 273 g/mol. The fourth-order valence-corrected chi connectivity index (χ4v) is 2.47. The number of halogens is 1. The first-order chi connectivity index (χ1) is 10.1. The van der Waals surface area contributed by atoms with Gasteiger partial charge in [-0.15, -0.1) is 0 Å². The van der Waals surface area contributed by atoms with E-state index in [9.17, 15) is 9.18 Å². The van der Waals surface area contributed by atoms with Gasteiger partial charge < -0.3 is 10.8 Å². The lowest BCUT2D eigenvalue weighted by Crippen LogP contribution is -2.00. The van der Waals surface area contributed by atoms with Gasteiger partial charge in [0.1, 0.15) is 0 Å². The Morgan fingerprint density at radius 2 is 1.81 bits per heavy atom. The normalized spacial score (nSPS) is 14.4. The predicted molar refractivity (Wildman–Crippen MR) is 76.4 cm³/mol. The van der Waals surface area contributed by atoms with Crippen LogP contribution in [-0.4, -0.2) is 17.5 Å². The molecular formula is C16H14FNO3. The molecule has 3 rings (SSSR count). The second-order valence-corrected chi connectivity index (χ2v) is 4.58. The quantitative estimate of drug-likeness (QED) is 0.832. The van der Waals surface area contributed by atoms with Crippen LogP contribution in [0.15, 0.2) is 42.5 Å². The van der Waals surface area contributed by atoms with Crippen LogP contribution >= 0.6 is 0 Å². The van der Waals surface area contributed by atoms with Crippen molar-refractivity contribution in [1.82, 2.24) is 0 Å². The highest BCUT2D eigenvalue weighted by atomic mass is 19.1. The summed E-state index contributed by atoms with van der Waals surface area (Å²) in [6.07, 6.45) is -0.887. The molecule has 1 amide bonds. The zero-order valence-electron chi connectivity index (χ0n) is 11.1. The van der Waals surface area contributed by atoms with E-state index in [4.69, 9.17) is 9.90 Å². The van der Waals surface area contributed by atoms with Crippen LogP contribution in [-0.2, 0) is 16.0 Å². The number of primary amides is 1. The van der Waals surface area contributed by atoms with E-state index in [1.165, 1.54) is 0 Å². The van der Waals surface area contributed by atoms with Gasteiger partial charge in [-0.2, -0.15) is 0 Å². The SMILES string of the molecule is NC=O.O=C(O)Cc1ccc2c(c1)-c1ccccc1C2F. The number of carboxylic acid groups (broad SMARTS) is 1. The first-order valence-electron chi connectivity index (χ1n) is 6.31. The van der Waals surface area contributed by atoms with Crippen LogP contribution < -0.4 is 5.73 Å². The molecule has 0 aliphatic heterocycles. The van der Waals surface area contributed by atoms with Crippen molar-refractivity contribution < 1.29 is 19.1 Å². The number of benzene rings is 2. The maximum atomic E-state index is 14.2. The topological polar surface area (TPSA) is 80.4 Å². The van der Waals surface area contributed by atoms with Gasteiger partial charge in [0.25, 0.3) is 0 Å². The molecule has 0 bridgehead atoms. The van der Waals surface area contributed by atoms with Gasteiger partial charge in [-0.3, -0.25) is 9.59 Å². The number of hydrogen-bond donors (Lipinski definition) is 2. The second-order valence-electron chi connectivity index (χ2n) is 4.58. The highest BCUT2D eigenvalue weighted by molar-refractivity contribution is 5.80. The third kappa shape index (κ3) is 2.91. The van der Waals surface area contributed by atoms with Crippen LogP contribution in [0.25, 0.3) is 11.1 Å². The molecule has 3 N–H and O–H groups in total. The number of carboxylic acids is 1. The van der Waals surface area contributed by atoms with E-state index < -0.39 is 12.1 Å². The molecule has 2 aromatic rings. The third-order valence-corrected chi connectivity index (χ3v) is 3.27. The minimum atomic E-state index is -1.10. The summed E-state index contributed by atoms with van der Waals surface area (Å²) in [5.41, 5.74) is 7.85. The molecule has 1 aliphatic rings. The molecule has 108 valence electrons. The smallest absolute Gasteiger partial charge is 0.307 e. The lowest BCUT2D eigenvalue weighted by molar-refractivity contribution is -0.136. The van der Waals surface area contributed by atoms with Crippen LogP contribution in [0.1, 0.15) is 22.9 Å². The van der Waals surface area contributed by atoms with Gasteiger partial charge in [-0.05, 0) is 27.8 Å². The van der Waals surface area contributed by atoms with Gasteiger partial charge in [0.05, 0.1) is 6.42 Å². The van der Waals surface area contributed by atoms with E-state index in [1.807, 2.05) is 18.2 Å². The van der Waals surface area contributed by atoms with Crippen LogP contribution in [0.3, 0.4) is 0 Å². The third-order valence-electron chi connectivity index (χ3n) is 3.27. The minimum absolute atomic E-state index is 0.0353. The van der Waals surface area contributed by atoms with Crippen LogP contribution in [0, 0.1) is 0 Å². The van der Waals surface area contributed by atoms with Gasteiger partial charge in [0.2, 0.25) is 6.41 Å². The Kier molecular flexibility index (Phi) is 4.33. The fraction of sp³-hybridized carbons (Fsp3) is 0.125. The van der Waals surface area contributed by atoms with Gasteiger partial charge in [0, 0.05) is 0 Å². The number of fused-ring (bicyclic) bond motifs is 3. The molecule has 0 fully saturated rings. The number of amides is 1. The summed E-state index contributed by atoms with van der Waals surface area (Å²) in [5.74, 6) is -0.877. The lowest BCUT2D eigenvalue weighted by Gasteiger charge is -2.04. The number of aliphatic carboxylic acids is 1. The predicted octanol–water partition coefficient (Wildman–Crippen LogP) is 2.45. The number of carbonyl (C=O) groups excluding carboxylic acids is 1. The molecule has 1 atom stereocenters. The molecule has 21 heavy (non-hydrogen) atoms. The van der Waals surface area contributed by atoms with Crippen molar-refractivity contribution >= 4 is 12.4 Å².